The highest BCUT2D eigenvalue weighted by Gasteiger charge is 2.49. The number of ether oxygens (including phenoxy) is 1. The van der Waals surface area contributed by atoms with Crippen molar-refractivity contribution in [2.45, 2.75) is 59.1 Å². The first-order chi connectivity index (χ1) is 9.07. The second kappa shape index (κ2) is 5.87. The van der Waals surface area contributed by atoms with E-state index in [1.54, 1.807) is 6.33 Å². The van der Waals surface area contributed by atoms with Crippen LogP contribution in [0.15, 0.2) is 12.4 Å². The molecule has 2 unspecified atom stereocenters. The fraction of sp³-hybridized carbons (Fsp3) is 0.733. The fourth-order valence-electron chi connectivity index (χ4n) is 2.66. The quantitative estimate of drug-likeness (QED) is 0.857. The van der Waals surface area contributed by atoms with Gasteiger partial charge in [-0.15, -0.1) is 0 Å². The molecule has 0 aromatic carbocycles. The van der Waals surface area contributed by atoms with E-state index >= 15 is 0 Å². The Bertz CT molecular complexity index is 420. The normalized spacial score (nSPS) is 24.8. The maximum Gasteiger partial charge on any atom is 0.129 e. The highest BCUT2D eigenvalue weighted by molar-refractivity contribution is 5.38. The van der Waals surface area contributed by atoms with Crippen LogP contribution < -0.4 is 5.32 Å². The van der Waals surface area contributed by atoms with Crippen LogP contribution in [0.2, 0.25) is 0 Å². The summed E-state index contributed by atoms with van der Waals surface area (Å²) in [5.41, 5.74) is 1.27. The van der Waals surface area contributed by atoms with Crippen LogP contribution in [0.5, 0.6) is 0 Å². The Labute approximate surface area is 116 Å². The maximum atomic E-state index is 5.75. The lowest BCUT2D eigenvalue weighted by Crippen LogP contribution is -2.58. The molecule has 1 saturated carbocycles. The largest absolute Gasteiger partial charge is 0.378 e. The molecule has 1 N–H and O–H groups in total. The summed E-state index contributed by atoms with van der Waals surface area (Å²) >= 11 is 0. The van der Waals surface area contributed by atoms with E-state index in [1.807, 2.05) is 0 Å². The molecule has 4 nitrogen and oxygen atoms in total. The van der Waals surface area contributed by atoms with Gasteiger partial charge in [-0.3, -0.25) is 0 Å². The lowest BCUT2D eigenvalue weighted by molar-refractivity contribution is -0.0976. The van der Waals surface area contributed by atoms with Crippen LogP contribution in [-0.2, 0) is 11.2 Å². The Hall–Kier alpha value is -1.16. The molecule has 1 aliphatic rings. The summed E-state index contributed by atoms with van der Waals surface area (Å²) in [4.78, 5) is 8.60. The van der Waals surface area contributed by atoms with Gasteiger partial charge in [0.15, 0.2) is 0 Å². The van der Waals surface area contributed by atoms with Crippen molar-refractivity contribution in [3.05, 3.63) is 18.1 Å². The summed E-state index contributed by atoms with van der Waals surface area (Å²) in [5.74, 6) is 0.937. The number of hydrogen-bond donors (Lipinski definition) is 1. The number of aromatic nitrogens is 2. The first kappa shape index (κ1) is 14.3. The minimum atomic E-state index is 0.159. The Morgan fingerprint density at radius 3 is 2.79 bits per heavy atom. The van der Waals surface area contributed by atoms with Gasteiger partial charge in [0, 0.05) is 29.8 Å². The van der Waals surface area contributed by atoms with E-state index in [9.17, 15) is 0 Å². The Morgan fingerprint density at radius 1 is 1.37 bits per heavy atom. The van der Waals surface area contributed by atoms with Gasteiger partial charge in [-0.2, -0.15) is 0 Å². The third kappa shape index (κ3) is 3.06. The van der Waals surface area contributed by atoms with Crippen molar-refractivity contribution in [1.82, 2.24) is 9.97 Å². The zero-order valence-corrected chi connectivity index (χ0v) is 12.4. The monoisotopic (exact) mass is 263 g/mol. The van der Waals surface area contributed by atoms with Gasteiger partial charge in [0.25, 0.3) is 0 Å². The smallest absolute Gasteiger partial charge is 0.129 e. The molecular weight excluding hydrogens is 238 g/mol. The van der Waals surface area contributed by atoms with E-state index in [0.717, 1.165) is 37.4 Å². The lowest BCUT2D eigenvalue weighted by atomic mass is 9.64. The molecule has 1 aromatic rings. The lowest BCUT2D eigenvalue weighted by Gasteiger charge is -2.51. The molecule has 0 bridgehead atoms. The Balaban J connectivity index is 1.97. The highest BCUT2D eigenvalue weighted by Crippen LogP contribution is 2.44. The molecular formula is C15H25N3O. The van der Waals surface area contributed by atoms with Crippen LogP contribution >= 0.6 is 0 Å². The first-order valence-electron chi connectivity index (χ1n) is 7.27. The summed E-state index contributed by atoms with van der Waals surface area (Å²) in [7, 11) is 0. The summed E-state index contributed by atoms with van der Waals surface area (Å²) in [6, 6.07) is 2.49. The molecule has 0 amide bonds. The Morgan fingerprint density at radius 2 is 2.16 bits per heavy atom. The van der Waals surface area contributed by atoms with E-state index in [1.165, 1.54) is 0 Å². The van der Waals surface area contributed by atoms with Gasteiger partial charge in [-0.25, -0.2) is 9.97 Å². The summed E-state index contributed by atoms with van der Waals surface area (Å²) < 4.78 is 5.75. The summed E-state index contributed by atoms with van der Waals surface area (Å²) in [6.07, 6.45) is 5.17. The van der Waals surface area contributed by atoms with Crippen LogP contribution in [0.1, 0.15) is 46.2 Å². The second-order valence-electron chi connectivity index (χ2n) is 5.84. The molecule has 19 heavy (non-hydrogen) atoms. The number of nitrogens with zero attached hydrogens (tertiary/aromatic N) is 2. The van der Waals surface area contributed by atoms with E-state index in [4.69, 9.17) is 4.74 Å². The van der Waals surface area contributed by atoms with Crippen molar-refractivity contribution in [3.8, 4) is 0 Å². The molecule has 2 rings (SSSR count). The molecule has 0 saturated heterocycles. The van der Waals surface area contributed by atoms with Crippen LogP contribution in [0.3, 0.4) is 0 Å². The van der Waals surface area contributed by atoms with Crippen molar-refractivity contribution in [2.24, 2.45) is 5.41 Å². The Kier molecular flexibility index (Phi) is 4.40. The number of rotatable bonds is 6. The predicted molar refractivity (Wildman–Crippen MR) is 77.2 cm³/mol. The fourth-order valence-corrected chi connectivity index (χ4v) is 2.66. The molecule has 0 spiro atoms. The minimum absolute atomic E-state index is 0.159. The SMILES string of the molecule is CCCc1cc(NC2CC(OCC)C2(C)C)ncn1. The van der Waals surface area contributed by atoms with Gasteiger partial charge in [-0.05, 0) is 19.8 Å². The van der Waals surface area contributed by atoms with Crippen LogP contribution in [0.4, 0.5) is 5.82 Å². The number of anilines is 1. The third-order valence-electron chi connectivity index (χ3n) is 4.10. The molecule has 1 fully saturated rings. The zero-order valence-electron chi connectivity index (χ0n) is 12.4. The van der Waals surface area contributed by atoms with Crippen molar-refractivity contribution in [2.75, 3.05) is 11.9 Å². The maximum absolute atomic E-state index is 5.75. The van der Waals surface area contributed by atoms with E-state index in [2.05, 4.69) is 49.0 Å². The number of aryl methyl sites for hydroxylation is 1. The molecule has 2 atom stereocenters. The van der Waals surface area contributed by atoms with E-state index in [0.29, 0.717) is 12.1 Å². The van der Waals surface area contributed by atoms with Crippen LogP contribution in [0.25, 0.3) is 0 Å². The molecule has 0 aliphatic heterocycles. The highest BCUT2D eigenvalue weighted by atomic mass is 16.5. The van der Waals surface area contributed by atoms with Crippen LogP contribution in [-0.4, -0.2) is 28.7 Å². The summed E-state index contributed by atoms with van der Waals surface area (Å²) in [6.45, 7) is 9.51. The zero-order chi connectivity index (χ0) is 13.9. The van der Waals surface area contributed by atoms with Gasteiger partial charge in [0.2, 0.25) is 0 Å². The average molecular weight is 263 g/mol. The first-order valence-corrected chi connectivity index (χ1v) is 7.27. The van der Waals surface area contributed by atoms with E-state index in [-0.39, 0.29) is 5.41 Å². The van der Waals surface area contributed by atoms with Crippen molar-refractivity contribution < 1.29 is 4.74 Å². The van der Waals surface area contributed by atoms with Crippen molar-refractivity contribution >= 4 is 5.82 Å². The molecule has 4 heteroatoms. The third-order valence-corrected chi connectivity index (χ3v) is 4.10. The predicted octanol–water partition coefficient (Wildman–Crippen LogP) is 3.04. The number of nitrogens with one attached hydrogen (secondary N) is 1. The molecule has 0 radical (unpaired) electrons. The van der Waals surface area contributed by atoms with Gasteiger partial charge in [-0.1, -0.05) is 27.2 Å². The average Bonchev–Trinajstić information content (AvgIpc) is 2.38. The van der Waals surface area contributed by atoms with Crippen molar-refractivity contribution in [1.29, 1.82) is 0 Å². The van der Waals surface area contributed by atoms with Gasteiger partial charge < -0.3 is 10.1 Å². The van der Waals surface area contributed by atoms with Gasteiger partial charge >= 0.3 is 0 Å². The standard InChI is InChI=1S/C15H25N3O/c1-5-7-11-8-14(17-10-16-11)18-12-9-13(19-6-2)15(12,3)4/h8,10,12-13H,5-7,9H2,1-4H3,(H,16,17,18). The molecule has 1 aromatic heterocycles. The van der Waals surface area contributed by atoms with Crippen molar-refractivity contribution in [3.63, 3.8) is 0 Å². The summed E-state index contributed by atoms with van der Waals surface area (Å²) in [5, 5.41) is 3.52. The number of hydrogen-bond acceptors (Lipinski definition) is 4. The van der Waals surface area contributed by atoms with E-state index < -0.39 is 0 Å². The molecule has 106 valence electrons. The second-order valence-corrected chi connectivity index (χ2v) is 5.84. The minimum Gasteiger partial charge on any atom is -0.378 e. The van der Waals surface area contributed by atoms with Crippen LogP contribution in [0, 0.1) is 5.41 Å². The van der Waals surface area contributed by atoms with Gasteiger partial charge in [0.05, 0.1) is 6.10 Å². The molecule has 1 heterocycles. The molecule has 1 aliphatic carbocycles. The topological polar surface area (TPSA) is 47.0 Å². The van der Waals surface area contributed by atoms with Gasteiger partial charge in [0.1, 0.15) is 12.1 Å².